The molecule has 0 aromatic heterocycles. The Kier molecular flexibility index (Phi) is 5.76. The molecular weight excluding hydrogens is 288 g/mol. The van der Waals surface area contributed by atoms with Crippen molar-refractivity contribution in [2.24, 2.45) is 11.7 Å². The van der Waals surface area contributed by atoms with Crippen LogP contribution in [0.25, 0.3) is 0 Å². The van der Waals surface area contributed by atoms with Gasteiger partial charge in [0, 0.05) is 17.6 Å². The van der Waals surface area contributed by atoms with E-state index in [1.54, 1.807) is 0 Å². The molecular formula is C12H18BrClN2. The lowest BCUT2D eigenvalue weighted by Gasteiger charge is -2.16. The van der Waals surface area contributed by atoms with E-state index < -0.39 is 0 Å². The van der Waals surface area contributed by atoms with Crippen molar-refractivity contribution in [3.63, 3.8) is 0 Å². The topological polar surface area (TPSA) is 29.3 Å². The van der Waals surface area contributed by atoms with E-state index in [9.17, 15) is 0 Å². The predicted molar refractivity (Wildman–Crippen MR) is 73.8 cm³/mol. The van der Waals surface area contributed by atoms with Crippen LogP contribution in [0.4, 0.5) is 0 Å². The molecule has 1 aromatic rings. The van der Waals surface area contributed by atoms with Gasteiger partial charge in [0.15, 0.2) is 0 Å². The molecule has 1 fully saturated rings. The normalized spacial score (nSPS) is 20.8. The first-order chi connectivity index (χ1) is 7.29. The summed E-state index contributed by atoms with van der Waals surface area (Å²) in [5.41, 5.74) is 7.05. The van der Waals surface area contributed by atoms with E-state index in [-0.39, 0.29) is 12.4 Å². The molecule has 4 heteroatoms. The first-order valence-corrected chi connectivity index (χ1v) is 6.24. The highest BCUT2D eigenvalue weighted by Gasteiger charge is 2.21. The second kappa shape index (κ2) is 6.60. The molecule has 1 unspecified atom stereocenters. The largest absolute Gasteiger partial charge is 0.330 e. The Morgan fingerprint density at radius 1 is 1.38 bits per heavy atom. The number of benzene rings is 1. The molecule has 1 aliphatic rings. The number of nitrogens with two attached hydrogens (primary N) is 1. The van der Waals surface area contributed by atoms with Crippen molar-refractivity contribution in [3.05, 3.63) is 34.3 Å². The van der Waals surface area contributed by atoms with E-state index >= 15 is 0 Å². The van der Waals surface area contributed by atoms with Gasteiger partial charge in [-0.15, -0.1) is 12.4 Å². The summed E-state index contributed by atoms with van der Waals surface area (Å²) >= 11 is 3.58. The Hall–Kier alpha value is -0.0900. The monoisotopic (exact) mass is 304 g/mol. The van der Waals surface area contributed by atoms with Gasteiger partial charge in [-0.25, -0.2) is 0 Å². The van der Waals surface area contributed by atoms with Crippen molar-refractivity contribution in [1.29, 1.82) is 0 Å². The third kappa shape index (κ3) is 3.45. The van der Waals surface area contributed by atoms with Gasteiger partial charge >= 0.3 is 0 Å². The fraction of sp³-hybridized carbons (Fsp3) is 0.500. The molecule has 0 saturated carbocycles. The minimum Gasteiger partial charge on any atom is -0.330 e. The molecule has 0 amide bonds. The Labute approximate surface area is 112 Å². The lowest BCUT2D eigenvalue weighted by atomic mass is 10.1. The number of halogens is 2. The van der Waals surface area contributed by atoms with Crippen LogP contribution in [0.3, 0.4) is 0 Å². The second-order valence-electron chi connectivity index (χ2n) is 4.22. The standard InChI is InChI=1S/C12H17BrN2.ClH/c13-12-4-2-1-3-11(12)9-15-6-5-10(7-14)8-15;/h1-4,10H,5-9,14H2;1H. The van der Waals surface area contributed by atoms with E-state index in [0.29, 0.717) is 5.92 Å². The Balaban J connectivity index is 0.00000128. The van der Waals surface area contributed by atoms with Crippen molar-refractivity contribution in [3.8, 4) is 0 Å². The summed E-state index contributed by atoms with van der Waals surface area (Å²) in [5.74, 6) is 0.701. The third-order valence-corrected chi connectivity index (χ3v) is 3.83. The van der Waals surface area contributed by atoms with Gasteiger partial charge in [0.2, 0.25) is 0 Å². The summed E-state index contributed by atoms with van der Waals surface area (Å²) in [4.78, 5) is 2.48. The molecule has 0 bridgehead atoms. The number of rotatable bonds is 3. The predicted octanol–water partition coefficient (Wildman–Crippen LogP) is 2.65. The maximum Gasteiger partial charge on any atom is 0.0245 e. The van der Waals surface area contributed by atoms with Crippen molar-refractivity contribution < 1.29 is 0 Å². The van der Waals surface area contributed by atoms with E-state index in [4.69, 9.17) is 5.73 Å². The minimum absolute atomic E-state index is 0. The van der Waals surface area contributed by atoms with Gasteiger partial charge in [-0.2, -0.15) is 0 Å². The Morgan fingerprint density at radius 2 is 2.12 bits per heavy atom. The van der Waals surface area contributed by atoms with Gasteiger partial charge in [-0.05, 0) is 37.1 Å². The van der Waals surface area contributed by atoms with E-state index in [2.05, 4.69) is 45.1 Å². The first kappa shape index (κ1) is 14.0. The van der Waals surface area contributed by atoms with Crippen LogP contribution in [-0.2, 0) is 6.54 Å². The van der Waals surface area contributed by atoms with E-state index in [1.807, 2.05) is 0 Å². The first-order valence-electron chi connectivity index (χ1n) is 5.45. The SMILES string of the molecule is Cl.NCC1CCN(Cc2ccccc2Br)C1. The molecule has 90 valence electrons. The fourth-order valence-corrected chi connectivity index (χ4v) is 2.53. The van der Waals surface area contributed by atoms with Gasteiger partial charge in [0.1, 0.15) is 0 Å². The fourth-order valence-electron chi connectivity index (χ4n) is 2.12. The Bertz CT molecular complexity index is 333. The van der Waals surface area contributed by atoms with Crippen LogP contribution in [-0.4, -0.2) is 24.5 Å². The molecule has 2 rings (SSSR count). The quantitative estimate of drug-likeness (QED) is 0.930. The highest BCUT2D eigenvalue weighted by atomic mass is 79.9. The summed E-state index contributed by atoms with van der Waals surface area (Å²) in [6.45, 7) is 4.20. The summed E-state index contributed by atoms with van der Waals surface area (Å²) in [6, 6.07) is 8.43. The molecule has 0 radical (unpaired) electrons. The van der Waals surface area contributed by atoms with Crippen molar-refractivity contribution in [2.45, 2.75) is 13.0 Å². The van der Waals surface area contributed by atoms with Gasteiger partial charge in [0.25, 0.3) is 0 Å². The van der Waals surface area contributed by atoms with Crippen LogP contribution < -0.4 is 5.73 Å². The maximum absolute atomic E-state index is 5.68. The molecule has 1 heterocycles. The van der Waals surface area contributed by atoms with Crippen LogP contribution in [0.1, 0.15) is 12.0 Å². The van der Waals surface area contributed by atoms with Gasteiger partial charge in [0.05, 0.1) is 0 Å². The highest BCUT2D eigenvalue weighted by molar-refractivity contribution is 9.10. The third-order valence-electron chi connectivity index (χ3n) is 3.06. The zero-order valence-corrected chi connectivity index (χ0v) is 11.6. The van der Waals surface area contributed by atoms with Gasteiger partial charge < -0.3 is 5.73 Å². The molecule has 1 aromatic carbocycles. The minimum atomic E-state index is 0. The average molecular weight is 306 g/mol. The molecule has 2 N–H and O–H groups in total. The second-order valence-corrected chi connectivity index (χ2v) is 5.07. The summed E-state index contributed by atoms with van der Waals surface area (Å²) < 4.78 is 1.21. The molecule has 0 aliphatic carbocycles. The van der Waals surface area contributed by atoms with Crippen LogP contribution in [0.15, 0.2) is 28.7 Å². The number of nitrogens with zero attached hydrogens (tertiary/aromatic N) is 1. The lowest BCUT2D eigenvalue weighted by molar-refractivity contribution is 0.317. The number of hydrogen-bond donors (Lipinski definition) is 1. The summed E-state index contributed by atoms with van der Waals surface area (Å²) in [5, 5.41) is 0. The van der Waals surface area contributed by atoms with E-state index in [1.165, 1.54) is 23.0 Å². The van der Waals surface area contributed by atoms with Gasteiger partial charge in [-0.3, -0.25) is 4.90 Å². The molecule has 1 atom stereocenters. The van der Waals surface area contributed by atoms with Crippen LogP contribution in [0.5, 0.6) is 0 Å². The summed E-state index contributed by atoms with van der Waals surface area (Å²) in [6.07, 6.45) is 1.25. The number of likely N-dealkylation sites (tertiary alicyclic amines) is 1. The Morgan fingerprint density at radius 3 is 2.75 bits per heavy atom. The maximum atomic E-state index is 5.68. The molecule has 0 spiro atoms. The van der Waals surface area contributed by atoms with Crippen LogP contribution in [0, 0.1) is 5.92 Å². The van der Waals surface area contributed by atoms with Crippen molar-refractivity contribution in [2.75, 3.05) is 19.6 Å². The molecule has 1 aliphatic heterocycles. The van der Waals surface area contributed by atoms with Crippen LogP contribution >= 0.6 is 28.3 Å². The van der Waals surface area contributed by atoms with Gasteiger partial charge in [-0.1, -0.05) is 34.1 Å². The summed E-state index contributed by atoms with van der Waals surface area (Å²) in [7, 11) is 0. The zero-order chi connectivity index (χ0) is 10.7. The average Bonchev–Trinajstić information content (AvgIpc) is 2.69. The molecule has 2 nitrogen and oxygen atoms in total. The van der Waals surface area contributed by atoms with E-state index in [0.717, 1.165) is 19.6 Å². The lowest BCUT2D eigenvalue weighted by Crippen LogP contribution is -2.22. The zero-order valence-electron chi connectivity index (χ0n) is 9.23. The molecule has 16 heavy (non-hydrogen) atoms. The highest BCUT2D eigenvalue weighted by Crippen LogP contribution is 2.22. The van der Waals surface area contributed by atoms with Crippen LogP contribution in [0.2, 0.25) is 0 Å². The number of hydrogen-bond acceptors (Lipinski definition) is 2. The van der Waals surface area contributed by atoms with Crippen molar-refractivity contribution >= 4 is 28.3 Å². The smallest absolute Gasteiger partial charge is 0.0245 e. The molecule has 1 saturated heterocycles. The van der Waals surface area contributed by atoms with Crippen molar-refractivity contribution in [1.82, 2.24) is 4.90 Å².